The summed E-state index contributed by atoms with van der Waals surface area (Å²) in [5.74, 6) is 0.203. The van der Waals surface area contributed by atoms with Crippen molar-refractivity contribution in [2.45, 2.75) is 32.2 Å². The van der Waals surface area contributed by atoms with E-state index in [0.29, 0.717) is 6.42 Å². The first-order valence-corrected chi connectivity index (χ1v) is 5.72. The summed E-state index contributed by atoms with van der Waals surface area (Å²) in [5.41, 5.74) is 5.91. The van der Waals surface area contributed by atoms with Crippen LogP contribution in [0.5, 0.6) is 0 Å². The van der Waals surface area contributed by atoms with Crippen molar-refractivity contribution >= 4 is 18.3 Å². The fourth-order valence-electron chi connectivity index (χ4n) is 2.52. The van der Waals surface area contributed by atoms with Crippen molar-refractivity contribution in [3.05, 3.63) is 0 Å². The Bertz CT molecular complexity index is 252. The minimum absolute atomic E-state index is 0. The second-order valence-corrected chi connectivity index (χ2v) is 5.05. The standard InChI is InChI=1S/C11H20N2O2.ClH/c1-9(12)6-10(14)13-4-2-11(7-13)3-5-15-8-11;/h9H,2-8,12H2,1H3;1H. The first-order chi connectivity index (χ1) is 7.11. The lowest BCUT2D eigenvalue weighted by atomic mass is 9.87. The number of ether oxygens (including phenoxy) is 1. The summed E-state index contributed by atoms with van der Waals surface area (Å²) in [4.78, 5) is 13.8. The van der Waals surface area contributed by atoms with Crippen LogP contribution < -0.4 is 5.73 Å². The molecule has 0 aromatic rings. The van der Waals surface area contributed by atoms with Crippen LogP contribution >= 0.6 is 12.4 Å². The molecule has 2 N–H and O–H groups in total. The second-order valence-electron chi connectivity index (χ2n) is 5.05. The Morgan fingerprint density at radius 3 is 2.88 bits per heavy atom. The van der Waals surface area contributed by atoms with E-state index in [9.17, 15) is 4.79 Å². The zero-order valence-electron chi connectivity index (χ0n) is 9.78. The molecule has 2 unspecified atom stereocenters. The smallest absolute Gasteiger partial charge is 0.224 e. The van der Waals surface area contributed by atoms with Gasteiger partial charge >= 0.3 is 0 Å². The van der Waals surface area contributed by atoms with Gasteiger partial charge in [-0.05, 0) is 19.8 Å². The molecular weight excluding hydrogens is 228 g/mol. The molecule has 2 atom stereocenters. The van der Waals surface area contributed by atoms with Gasteiger partial charge < -0.3 is 15.4 Å². The van der Waals surface area contributed by atoms with Gasteiger partial charge in [-0.2, -0.15) is 0 Å². The van der Waals surface area contributed by atoms with E-state index >= 15 is 0 Å². The van der Waals surface area contributed by atoms with Gasteiger partial charge in [0, 0.05) is 37.6 Å². The molecular formula is C11H21ClN2O2. The van der Waals surface area contributed by atoms with E-state index in [0.717, 1.165) is 39.1 Å². The Labute approximate surface area is 103 Å². The maximum absolute atomic E-state index is 11.8. The van der Waals surface area contributed by atoms with Crippen LogP contribution in [-0.4, -0.2) is 43.2 Å². The summed E-state index contributed by atoms with van der Waals surface area (Å²) in [6.07, 6.45) is 2.67. The highest BCUT2D eigenvalue weighted by molar-refractivity contribution is 5.85. The van der Waals surface area contributed by atoms with Crippen LogP contribution in [-0.2, 0) is 9.53 Å². The van der Waals surface area contributed by atoms with Crippen LogP contribution in [0.1, 0.15) is 26.2 Å². The number of carbonyl (C=O) groups excluding carboxylic acids is 1. The third kappa shape index (κ3) is 2.87. The molecule has 2 aliphatic rings. The van der Waals surface area contributed by atoms with Gasteiger partial charge in [-0.25, -0.2) is 0 Å². The lowest BCUT2D eigenvalue weighted by Crippen LogP contribution is -2.35. The highest BCUT2D eigenvalue weighted by Gasteiger charge is 2.42. The molecule has 2 rings (SSSR count). The first kappa shape index (κ1) is 13.7. The first-order valence-electron chi connectivity index (χ1n) is 5.72. The molecule has 5 heteroatoms. The van der Waals surface area contributed by atoms with Crippen molar-refractivity contribution in [2.24, 2.45) is 11.1 Å². The van der Waals surface area contributed by atoms with Gasteiger partial charge in [-0.1, -0.05) is 0 Å². The SMILES string of the molecule is CC(N)CC(=O)N1CCC2(CCOC2)C1.Cl. The molecule has 16 heavy (non-hydrogen) atoms. The maximum atomic E-state index is 11.8. The van der Waals surface area contributed by atoms with Crippen LogP contribution in [0.4, 0.5) is 0 Å². The molecule has 0 radical (unpaired) electrons. The van der Waals surface area contributed by atoms with E-state index < -0.39 is 0 Å². The van der Waals surface area contributed by atoms with Gasteiger partial charge in [0.05, 0.1) is 6.61 Å². The van der Waals surface area contributed by atoms with Crippen LogP contribution in [0.25, 0.3) is 0 Å². The molecule has 2 saturated heterocycles. The van der Waals surface area contributed by atoms with Crippen molar-refractivity contribution in [3.8, 4) is 0 Å². The lowest BCUT2D eigenvalue weighted by molar-refractivity contribution is -0.130. The van der Waals surface area contributed by atoms with E-state index in [4.69, 9.17) is 10.5 Å². The molecule has 1 spiro atoms. The van der Waals surface area contributed by atoms with Gasteiger partial charge in [-0.15, -0.1) is 12.4 Å². The Morgan fingerprint density at radius 2 is 2.31 bits per heavy atom. The van der Waals surface area contributed by atoms with Crippen molar-refractivity contribution in [1.29, 1.82) is 0 Å². The summed E-state index contributed by atoms with van der Waals surface area (Å²) in [6.45, 7) is 5.32. The third-order valence-electron chi connectivity index (χ3n) is 3.47. The van der Waals surface area contributed by atoms with Gasteiger partial charge in [0.25, 0.3) is 0 Å². The van der Waals surface area contributed by atoms with Gasteiger partial charge in [0.1, 0.15) is 0 Å². The normalized spacial score (nSPS) is 30.5. The van der Waals surface area contributed by atoms with Crippen LogP contribution in [0, 0.1) is 5.41 Å². The van der Waals surface area contributed by atoms with Crippen molar-refractivity contribution in [2.75, 3.05) is 26.3 Å². The highest BCUT2D eigenvalue weighted by Crippen LogP contribution is 2.38. The summed E-state index contributed by atoms with van der Waals surface area (Å²) >= 11 is 0. The maximum Gasteiger partial charge on any atom is 0.224 e. The van der Waals surface area contributed by atoms with Gasteiger partial charge in [0.2, 0.25) is 5.91 Å². The number of hydrogen-bond donors (Lipinski definition) is 1. The Balaban J connectivity index is 0.00000128. The fourth-order valence-corrected chi connectivity index (χ4v) is 2.52. The van der Waals surface area contributed by atoms with E-state index in [1.807, 2.05) is 11.8 Å². The molecule has 0 saturated carbocycles. The Morgan fingerprint density at radius 1 is 1.56 bits per heavy atom. The molecule has 2 fully saturated rings. The monoisotopic (exact) mass is 248 g/mol. The second kappa shape index (κ2) is 5.34. The average Bonchev–Trinajstić information content (AvgIpc) is 2.76. The largest absolute Gasteiger partial charge is 0.381 e. The molecule has 2 heterocycles. The number of nitrogens with zero attached hydrogens (tertiary/aromatic N) is 1. The summed E-state index contributed by atoms with van der Waals surface area (Å²) in [7, 11) is 0. The lowest BCUT2D eigenvalue weighted by Gasteiger charge is -2.22. The number of carbonyl (C=O) groups is 1. The number of rotatable bonds is 2. The molecule has 0 aromatic carbocycles. The third-order valence-corrected chi connectivity index (χ3v) is 3.47. The molecule has 94 valence electrons. The molecule has 2 aliphatic heterocycles. The Kier molecular flexibility index (Phi) is 4.59. The molecule has 1 amide bonds. The van der Waals surface area contributed by atoms with Crippen molar-refractivity contribution in [3.63, 3.8) is 0 Å². The van der Waals surface area contributed by atoms with Gasteiger partial charge in [0.15, 0.2) is 0 Å². The van der Waals surface area contributed by atoms with Crippen LogP contribution in [0.3, 0.4) is 0 Å². The van der Waals surface area contributed by atoms with Crippen LogP contribution in [0.2, 0.25) is 0 Å². The van der Waals surface area contributed by atoms with Crippen molar-refractivity contribution < 1.29 is 9.53 Å². The quantitative estimate of drug-likeness (QED) is 0.786. The highest BCUT2D eigenvalue weighted by atomic mass is 35.5. The number of halogens is 1. The Hall–Kier alpha value is -0.320. The average molecular weight is 249 g/mol. The minimum atomic E-state index is -0.0334. The topological polar surface area (TPSA) is 55.6 Å². The molecule has 4 nitrogen and oxygen atoms in total. The molecule has 0 aliphatic carbocycles. The van der Waals surface area contributed by atoms with E-state index in [-0.39, 0.29) is 29.8 Å². The molecule has 0 bridgehead atoms. The van der Waals surface area contributed by atoms with Crippen LogP contribution in [0.15, 0.2) is 0 Å². The number of likely N-dealkylation sites (tertiary alicyclic amines) is 1. The summed E-state index contributed by atoms with van der Waals surface area (Å²) < 4.78 is 5.43. The number of nitrogens with two attached hydrogens (primary N) is 1. The van der Waals surface area contributed by atoms with E-state index in [1.54, 1.807) is 0 Å². The number of hydrogen-bond acceptors (Lipinski definition) is 3. The molecule has 0 aromatic heterocycles. The zero-order valence-corrected chi connectivity index (χ0v) is 10.6. The van der Waals surface area contributed by atoms with E-state index in [2.05, 4.69) is 0 Å². The predicted octanol–water partition coefficient (Wildman–Crippen LogP) is 0.784. The zero-order chi connectivity index (χ0) is 10.9. The number of amides is 1. The van der Waals surface area contributed by atoms with Crippen molar-refractivity contribution in [1.82, 2.24) is 4.90 Å². The predicted molar refractivity (Wildman–Crippen MR) is 64.6 cm³/mol. The minimum Gasteiger partial charge on any atom is -0.381 e. The summed E-state index contributed by atoms with van der Waals surface area (Å²) in [6, 6.07) is -0.0334. The van der Waals surface area contributed by atoms with E-state index in [1.165, 1.54) is 0 Å². The summed E-state index contributed by atoms with van der Waals surface area (Å²) in [5, 5.41) is 0. The van der Waals surface area contributed by atoms with Gasteiger partial charge in [-0.3, -0.25) is 4.79 Å². The fraction of sp³-hybridized carbons (Fsp3) is 0.909.